The Balaban J connectivity index is 1.29. The minimum absolute atomic E-state index is 0.0178. The summed E-state index contributed by atoms with van der Waals surface area (Å²) >= 11 is 5.91. The molecule has 0 spiro atoms. The number of hydrogen-bond acceptors (Lipinski definition) is 3. The van der Waals surface area contributed by atoms with Crippen molar-refractivity contribution in [2.75, 3.05) is 13.2 Å². The lowest BCUT2D eigenvalue weighted by Crippen LogP contribution is -2.26. The molecule has 0 radical (unpaired) electrons. The van der Waals surface area contributed by atoms with Crippen LogP contribution >= 0.6 is 11.6 Å². The number of ether oxygens (including phenoxy) is 1. The van der Waals surface area contributed by atoms with E-state index in [-0.39, 0.29) is 5.91 Å². The molecule has 34 heavy (non-hydrogen) atoms. The molecule has 0 fully saturated rings. The predicted molar refractivity (Wildman–Crippen MR) is 138 cm³/mol. The molecule has 0 unspecified atom stereocenters. The second-order valence-corrected chi connectivity index (χ2v) is 8.83. The van der Waals surface area contributed by atoms with Gasteiger partial charge in [0.2, 0.25) is 5.91 Å². The summed E-state index contributed by atoms with van der Waals surface area (Å²) in [5, 5.41) is 3.69. The number of aryl methyl sites for hydroxylation is 3. The summed E-state index contributed by atoms with van der Waals surface area (Å²) in [6.07, 6.45) is 2.88. The molecule has 4 aromatic rings. The van der Waals surface area contributed by atoms with E-state index in [1.807, 2.05) is 48.5 Å². The smallest absolute Gasteiger partial charge is 0.224 e. The molecule has 0 aliphatic heterocycles. The first kappa shape index (κ1) is 23.8. The summed E-state index contributed by atoms with van der Waals surface area (Å²) in [5.74, 6) is 2.00. The van der Waals surface area contributed by atoms with E-state index in [0.29, 0.717) is 24.6 Å². The van der Waals surface area contributed by atoms with Gasteiger partial charge in [0.05, 0.1) is 24.1 Å². The minimum atomic E-state index is 0.0178. The van der Waals surface area contributed by atoms with E-state index >= 15 is 0 Å². The highest BCUT2D eigenvalue weighted by Gasteiger charge is 2.11. The van der Waals surface area contributed by atoms with Gasteiger partial charge in [-0.05, 0) is 61.2 Å². The SMILES string of the molecule is Cc1ccccc1OCCCn1c(CCCNC(=O)Cc2ccc(Cl)cc2)nc2ccccc21. The molecule has 176 valence electrons. The van der Waals surface area contributed by atoms with E-state index in [1.165, 1.54) is 0 Å². The standard InChI is InChI=1S/C28H30ClN3O2/c1-21-8-2-5-11-26(21)34-19-7-18-32-25-10-4-3-9-24(25)31-27(32)12-6-17-30-28(33)20-22-13-15-23(29)16-14-22/h2-5,8-11,13-16H,6-7,12,17-20H2,1H3,(H,30,33). The van der Waals surface area contributed by atoms with Gasteiger partial charge in [-0.25, -0.2) is 4.98 Å². The second kappa shape index (κ2) is 11.7. The Morgan fingerprint density at radius 3 is 2.59 bits per heavy atom. The number of aromatic nitrogens is 2. The molecule has 1 heterocycles. The molecule has 6 heteroatoms. The molecule has 1 N–H and O–H groups in total. The van der Waals surface area contributed by atoms with E-state index in [0.717, 1.165) is 59.5 Å². The number of halogens is 1. The molecular formula is C28H30ClN3O2. The van der Waals surface area contributed by atoms with E-state index < -0.39 is 0 Å². The number of para-hydroxylation sites is 3. The zero-order valence-electron chi connectivity index (χ0n) is 19.5. The number of fused-ring (bicyclic) bond motifs is 1. The quantitative estimate of drug-likeness (QED) is 0.281. The molecule has 1 amide bonds. The fraction of sp³-hybridized carbons (Fsp3) is 0.286. The zero-order valence-corrected chi connectivity index (χ0v) is 20.2. The molecule has 0 saturated carbocycles. The maximum atomic E-state index is 12.3. The van der Waals surface area contributed by atoms with Crippen molar-refractivity contribution in [3.05, 3.63) is 94.8 Å². The van der Waals surface area contributed by atoms with Crippen LogP contribution in [0.4, 0.5) is 0 Å². The Morgan fingerprint density at radius 2 is 1.76 bits per heavy atom. The Morgan fingerprint density at radius 1 is 1.00 bits per heavy atom. The van der Waals surface area contributed by atoms with Crippen molar-refractivity contribution >= 4 is 28.5 Å². The normalized spacial score (nSPS) is 11.0. The first-order valence-corrected chi connectivity index (χ1v) is 12.1. The van der Waals surface area contributed by atoms with Crippen molar-refractivity contribution in [2.45, 2.75) is 39.2 Å². The van der Waals surface area contributed by atoms with Crippen LogP contribution in [0.2, 0.25) is 5.02 Å². The molecule has 4 rings (SSSR count). The molecule has 0 aliphatic rings. The average Bonchev–Trinajstić information content (AvgIpc) is 3.19. The summed E-state index contributed by atoms with van der Waals surface area (Å²) in [7, 11) is 0. The highest BCUT2D eigenvalue weighted by molar-refractivity contribution is 6.30. The Hall–Kier alpha value is -3.31. The maximum absolute atomic E-state index is 12.3. The van der Waals surface area contributed by atoms with Crippen LogP contribution in [0.25, 0.3) is 11.0 Å². The van der Waals surface area contributed by atoms with Gasteiger partial charge in [-0.3, -0.25) is 4.79 Å². The number of rotatable bonds is 11. The number of benzene rings is 3. The Bertz CT molecular complexity index is 1230. The highest BCUT2D eigenvalue weighted by Crippen LogP contribution is 2.19. The number of carbonyl (C=O) groups excluding carboxylic acids is 1. The van der Waals surface area contributed by atoms with Crippen LogP contribution in [0, 0.1) is 6.92 Å². The number of imidazole rings is 1. The van der Waals surface area contributed by atoms with Gasteiger partial charge in [-0.15, -0.1) is 0 Å². The molecule has 0 saturated heterocycles. The monoisotopic (exact) mass is 475 g/mol. The van der Waals surface area contributed by atoms with Crippen molar-refractivity contribution in [3.8, 4) is 5.75 Å². The van der Waals surface area contributed by atoms with Crippen LogP contribution in [-0.4, -0.2) is 28.6 Å². The van der Waals surface area contributed by atoms with Crippen molar-refractivity contribution in [2.24, 2.45) is 0 Å². The van der Waals surface area contributed by atoms with Crippen LogP contribution in [0.3, 0.4) is 0 Å². The van der Waals surface area contributed by atoms with E-state index in [1.54, 1.807) is 12.1 Å². The molecule has 0 bridgehead atoms. The first-order valence-electron chi connectivity index (χ1n) is 11.7. The lowest BCUT2D eigenvalue weighted by molar-refractivity contribution is -0.120. The third-order valence-electron chi connectivity index (χ3n) is 5.79. The second-order valence-electron chi connectivity index (χ2n) is 8.39. The van der Waals surface area contributed by atoms with Crippen LogP contribution in [0.1, 0.15) is 29.8 Å². The van der Waals surface area contributed by atoms with E-state index in [2.05, 4.69) is 28.9 Å². The van der Waals surface area contributed by atoms with Crippen molar-refractivity contribution in [1.82, 2.24) is 14.9 Å². The van der Waals surface area contributed by atoms with Gasteiger partial charge in [-0.2, -0.15) is 0 Å². The lowest BCUT2D eigenvalue weighted by Gasteiger charge is -2.12. The van der Waals surface area contributed by atoms with Gasteiger partial charge >= 0.3 is 0 Å². The summed E-state index contributed by atoms with van der Waals surface area (Å²) in [5.41, 5.74) is 4.25. The summed E-state index contributed by atoms with van der Waals surface area (Å²) < 4.78 is 8.26. The summed E-state index contributed by atoms with van der Waals surface area (Å²) in [6.45, 7) is 4.17. The third kappa shape index (κ3) is 6.39. The molecular weight excluding hydrogens is 446 g/mol. The third-order valence-corrected chi connectivity index (χ3v) is 6.04. The summed E-state index contributed by atoms with van der Waals surface area (Å²) in [4.78, 5) is 17.1. The van der Waals surface area contributed by atoms with Gasteiger partial charge in [0.25, 0.3) is 0 Å². The van der Waals surface area contributed by atoms with Crippen LogP contribution in [0.15, 0.2) is 72.8 Å². The number of nitrogens with one attached hydrogen (secondary N) is 1. The molecule has 0 aliphatic carbocycles. The number of nitrogens with zero attached hydrogens (tertiary/aromatic N) is 2. The number of hydrogen-bond donors (Lipinski definition) is 1. The maximum Gasteiger partial charge on any atom is 0.224 e. The minimum Gasteiger partial charge on any atom is -0.493 e. The zero-order chi connectivity index (χ0) is 23.8. The van der Waals surface area contributed by atoms with E-state index in [4.69, 9.17) is 21.3 Å². The topological polar surface area (TPSA) is 56.1 Å². The molecule has 1 aromatic heterocycles. The van der Waals surface area contributed by atoms with Gasteiger partial charge in [0.15, 0.2) is 0 Å². The van der Waals surface area contributed by atoms with E-state index in [9.17, 15) is 4.79 Å². The largest absolute Gasteiger partial charge is 0.493 e. The number of carbonyl (C=O) groups is 1. The van der Waals surface area contributed by atoms with Crippen molar-refractivity contribution in [3.63, 3.8) is 0 Å². The van der Waals surface area contributed by atoms with Crippen LogP contribution in [0.5, 0.6) is 5.75 Å². The van der Waals surface area contributed by atoms with Gasteiger partial charge in [0.1, 0.15) is 11.6 Å². The Labute approximate surface area is 205 Å². The molecule has 0 atom stereocenters. The van der Waals surface area contributed by atoms with Gasteiger partial charge < -0.3 is 14.6 Å². The van der Waals surface area contributed by atoms with Gasteiger partial charge in [-0.1, -0.05) is 54.1 Å². The number of amides is 1. The van der Waals surface area contributed by atoms with Crippen molar-refractivity contribution < 1.29 is 9.53 Å². The Kier molecular flexibility index (Phi) is 8.21. The first-order chi connectivity index (χ1) is 16.6. The van der Waals surface area contributed by atoms with Crippen molar-refractivity contribution in [1.29, 1.82) is 0 Å². The lowest BCUT2D eigenvalue weighted by atomic mass is 10.1. The molecule has 5 nitrogen and oxygen atoms in total. The molecule has 3 aromatic carbocycles. The van der Waals surface area contributed by atoms with Crippen LogP contribution in [-0.2, 0) is 24.2 Å². The fourth-order valence-corrected chi connectivity index (χ4v) is 4.14. The van der Waals surface area contributed by atoms with Crippen LogP contribution < -0.4 is 10.1 Å². The predicted octanol–water partition coefficient (Wildman–Crippen LogP) is 5.76. The average molecular weight is 476 g/mol. The highest BCUT2D eigenvalue weighted by atomic mass is 35.5. The van der Waals surface area contributed by atoms with Gasteiger partial charge in [0, 0.05) is 24.5 Å². The fourth-order valence-electron chi connectivity index (χ4n) is 4.01. The summed E-state index contributed by atoms with van der Waals surface area (Å²) in [6, 6.07) is 23.7.